The van der Waals surface area contributed by atoms with Crippen LogP contribution in [0.4, 0.5) is 5.69 Å². The van der Waals surface area contributed by atoms with Gasteiger partial charge in [-0.25, -0.2) is 4.79 Å². The van der Waals surface area contributed by atoms with E-state index in [0.717, 1.165) is 0 Å². The van der Waals surface area contributed by atoms with Crippen molar-refractivity contribution in [3.63, 3.8) is 0 Å². The Balaban J connectivity index is 2.00. The summed E-state index contributed by atoms with van der Waals surface area (Å²) in [4.78, 5) is 24.4. The maximum absolute atomic E-state index is 12.2. The number of esters is 1. The number of carbonyl (C=O) groups is 2. The molecule has 2 aromatic carbocycles. The van der Waals surface area contributed by atoms with Crippen LogP contribution in [-0.2, 0) is 4.74 Å². The first-order chi connectivity index (χ1) is 12.5. The molecule has 2 rings (SSSR count). The molecule has 1 unspecified atom stereocenters. The van der Waals surface area contributed by atoms with Crippen LogP contribution < -0.4 is 5.32 Å². The zero-order valence-corrected chi connectivity index (χ0v) is 14.0. The first-order valence-electron chi connectivity index (χ1n) is 7.72. The second-order valence-corrected chi connectivity index (χ2v) is 5.28. The van der Waals surface area contributed by atoms with Crippen molar-refractivity contribution in [2.45, 2.75) is 13.0 Å². The molecule has 0 aliphatic rings. The van der Waals surface area contributed by atoms with Gasteiger partial charge in [0.25, 0.3) is 0 Å². The molecule has 6 nitrogen and oxygen atoms in total. The Kier molecular flexibility index (Phi) is 6.25. The number of hydrogen-bond acceptors (Lipinski definition) is 6. The smallest absolute Gasteiger partial charge is 0.338 e. The van der Waals surface area contributed by atoms with Gasteiger partial charge in [-0.15, -0.1) is 0 Å². The van der Waals surface area contributed by atoms with E-state index in [-0.39, 0.29) is 16.9 Å². The van der Waals surface area contributed by atoms with Crippen LogP contribution in [0, 0.1) is 22.7 Å². The Morgan fingerprint density at radius 3 is 2.19 bits per heavy atom. The molecule has 0 amide bonds. The molecular formula is C20H15N3O3. The Morgan fingerprint density at radius 2 is 1.62 bits per heavy atom. The summed E-state index contributed by atoms with van der Waals surface area (Å²) in [6.45, 7) is 1.53. The average molecular weight is 345 g/mol. The van der Waals surface area contributed by atoms with E-state index in [9.17, 15) is 9.59 Å². The van der Waals surface area contributed by atoms with Crippen LogP contribution in [0.5, 0.6) is 0 Å². The summed E-state index contributed by atoms with van der Waals surface area (Å²) in [6.07, 6.45) is 0.368. The molecule has 0 aliphatic carbocycles. The molecule has 0 radical (unpaired) electrons. The third-order valence-electron chi connectivity index (χ3n) is 3.46. The fraction of sp³-hybridized carbons (Fsp3) is 0.100. The number of allylic oxidation sites excluding steroid dienone is 1. The first-order valence-corrected chi connectivity index (χ1v) is 7.72. The lowest BCUT2D eigenvalue weighted by Crippen LogP contribution is -2.24. The third kappa shape index (κ3) is 4.80. The number of nitrogens with zero attached hydrogens (tertiary/aromatic N) is 2. The number of ketones is 1. The SMILES string of the molecule is CC(OC(=O)c1ccc(NC=C(C#N)C#N)cc1)C(=O)c1ccccc1. The number of carbonyl (C=O) groups excluding carboxylic acids is 2. The number of Topliss-reactive ketones (excluding diaryl/α,β-unsaturated/α-hetero) is 1. The van der Waals surface area contributed by atoms with Crippen molar-refractivity contribution in [1.82, 2.24) is 0 Å². The van der Waals surface area contributed by atoms with Crippen LogP contribution in [-0.4, -0.2) is 17.9 Å². The van der Waals surface area contributed by atoms with Gasteiger partial charge in [0, 0.05) is 17.5 Å². The molecule has 0 aliphatic heterocycles. The summed E-state index contributed by atoms with van der Waals surface area (Å²) >= 11 is 0. The number of nitrogens with one attached hydrogen (secondary N) is 1. The molecule has 26 heavy (non-hydrogen) atoms. The highest BCUT2D eigenvalue weighted by Gasteiger charge is 2.20. The van der Waals surface area contributed by atoms with Gasteiger partial charge in [-0.05, 0) is 31.2 Å². The molecule has 0 saturated heterocycles. The Morgan fingerprint density at radius 1 is 1.00 bits per heavy atom. The lowest BCUT2D eigenvalue weighted by atomic mass is 10.1. The Bertz CT molecular complexity index is 888. The van der Waals surface area contributed by atoms with E-state index in [1.165, 1.54) is 25.3 Å². The van der Waals surface area contributed by atoms with Crippen molar-refractivity contribution in [2.75, 3.05) is 5.32 Å². The highest BCUT2D eigenvalue weighted by molar-refractivity contribution is 6.01. The van der Waals surface area contributed by atoms with Crippen molar-refractivity contribution in [1.29, 1.82) is 10.5 Å². The minimum atomic E-state index is -0.903. The molecule has 1 N–H and O–H groups in total. The molecule has 6 heteroatoms. The second kappa shape index (κ2) is 8.81. The van der Waals surface area contributed by atoms with Gasteiger partial charge in [-0.3, -0.25) is 4.79 Å². The molecule has 1 atom stereocenters. The Labute approximate surface area is 150 Å². The predicted octanol–water partition coefficient (Wildman–Crippen LogP) is 3.46. The number of hydrogen-bond donors (Lipinski definition) is 1. The van der Waals surface area contributed by atoms with E-state index in [1.54, 1.807) is 54.6 Å². The number of rotatable bonds is 6. The molecule has 0 bridgehead atoms. The third-order valence-corrected chi connectivity index (χ3v) is 3.46. The van der Waals surface area contributed by atoms with Gasteiger partial charge in [-0.1, -0.05) is 30.3 Å². The van der Waals surface area contributed by atoms with Crippen molar-refractivity contribution >= 4 is 17.4 Å². The summed E-state index contributed by atoms with van der Waals surface area (Å²) < 4.78 is 5.22. The number of ether oxygens (including phenoxy) is 1. The van der Waals surface area contributed by atoms with E-state index >= 15 is 0 Å². The van der Waals surface area contributed by atoms with Gasteiger partial charge >= 0.3 is 5.97 Å². The first kappa shape index (κ1) is 18.4. The van der Waals surface area contributed by atoms with E-state index in [1.807, 2.05) is 0 Å². The lowest BCUT2D eigenvalue weighted by Gasteiger charge is -2.12. The molecule has 2 aromatic rings. The van der Waals surface area contributed by atoms with Crippen LogP contribution in [0.15, 0.2) is 66.4 Å². The minimum absolute atomic E-state index is 0.0678. The molecule has 128 valence electrons. The van der Waals surface area contributed by atoms with Crippen molar-refractivity contribution < 1.29 is 14.3 Å². The maximum atomic E-state index is 12.2. The molecule has 0 fully saturated rings. The average Bonchev–Trinajstić information content (AvgIpc) is 2.69. The summed E-state index contributed by atoms with van der Waals surface area (Å²) in [5.41, 5.74) is 1.29. The van der Waals surface area contributed by atoms with Crippen LogP contribution in [0.1, 0.15) is 27.6 Å². The normalized spacial score (nSPS) is 10.6. The molecule has 0 saturated carbocycles. The molecule has 0 heterocycles. The molecular weight excluding hydrogens is 330 g/mol. The Hall–Kier alpha value is -3.90. The van der Waals surface area contributed by atoms with Crippen molar-refractivity contribution in [2.24, 2.45) is 0 Å². The molecule has 0 spiro atoms. The fourth-order valence-corrected chi connectivity index (χ4v) is 2.07. The summed E-state index contributed by atoms with van der Waals surface area (Å²) in [6, 6.07) is 18.3. The van der Waals surface area contributed by atoms with Crippen LogP contribution in [0.2, 0.25) is 0 Å². The second-order valence-electron chi connectivity index (χ2n) is 5.28. The maximum Gasteiger partial charge on any atom is 0.338 e. The number of anilines is 1. The topological polar surface area (TPSA) is 103 Å². The monoisotopic (exact) mass is 345 g/mol. The highest BCUT2D eigenvalue weighted by Crippen LogP contribution is 2.13. The van der Waals surface area contributed by atoms with E-state index < -0.39 is 12.1 Å². The standard InChI is InChI=1S/C20H15N3O3/c1-14(19(24)16-5-3-2-4-6-16)26-20(25)17-7-9-18(10-8-17)23-13-15(11-21)12-22/h2-10,13-14,23H,1H3. The van der Waals surface area contributed by atoms with Gasteiger partial charge in [0.05, 0.1) is 5.56 Å². The van der Waals surface area contributed by atoms with Crippen LogP contribution in [0.25, 0.3) is 0 Å². The number of benzene rings is 2. The predicted molar refractivity (Wildman–Crippen MR) is 95.0 cm³/mol. The highest BCUT2D eigenvalue weighted by atomic mass is 16.5. The number of nitriles is 2. The fourth-order valence-electron chi connectivity index (χ4n) is 2.07. The summed E-state index contributed by atoms with van der Waals surface area (Å²) in [7, 11) is 0. The van der Waals surface area contributed by atoms with Gasteiger partial charge < -0.3 is 10.1 Å². The minimum Gasteiger partial charge on any atom is -0.451 e. The van der Waals surface area contributed by atoms with Crippen molar-refractivity contribution in [3.8, 4) is 12.1 Å². The largest absolute Gasteiger partial charge is 0.451 e. The van der Waals surface area contributed by atoms with E-state index in [0.29, 0.717) is 11.3 Å². The van der Waals surface area contributed by atoms with Gasteiger partial charge in [0.15, 0.2) is 6.10 Å². The van der Waals surface area contributed by atoms with E-state index in [4.69, 9.17) is 15.3 Å². The zero-order valence-electron chi connectivity index (χ0n) is 14.0. The van der Waals surface area contributed by atoms with Gasteiger partial charge in [0.2, 0.25) is 5.78 Å². The van der Waals surface area contributed by atoms with Crippen LogP contribution >= 0.6 is 0 Å². The lowest BCUT2D eigenvalue weighted by molar-refractivity contribution is 0.0319. The molecule has 0 aromatic heterocycles. The van der Waals surface area contributed by atoms with Gasteiger partial charge in [-0.2, -0.15) is 10.5 Å². The van der Waals surface area contributed by atoms with Crippen LogP contribution in [0.3, 0.4) is 0 Å². The van der Waals surface area contributed by atoms with Gasteiger partial charge in [0.1, 0.15) is 17.7 Å². The van der Waals surface area contributed by atoms with E-state index in [2.05, 4.69) is 5.32 Å². The quantitative estimate of drug-likeness (QED) is 0.488. The zero-order chi connectivity index (χ0) is 18.9. The van der Waals surface area contributed by atoms with Crippen molar-refractivity contribution in [3.05, 3.63) is 77.5 Å². The summed E-state index contributed by atoms with van der Waals surface area (Å²) in [5, 5.41) is 20.1. The summed E-state index contributed by atoms with van der Waals surface area (Å²) in [5.74, 6) is -0.887.